The maximum Gasteiger partial charge on any atom is 0.227 e. The van der Waals surface area contributed by atoms with Crippen LogP contribution in [0.25, 0.3) is 22.5 Å². The molecular weight excluding hydrogens is 566 g/mol. The second kappa shape index (κ2) is 17.0. The van der Waals surface area contributed by atoms with Gasteiger partial charge in [0.15, 0.2) is 0 Å². The number of ether oxygens (including phenoxy) is 1. The van der Waals surface area contributed by atoms with E-state index in [0.29, 0.717) is 51.0 Å². The minimum Gasteiger partial charge on any atom is -0.379 e. The summed E-state index contributed by atoms with van der Waals surface area (Å²) in [6, 6.07) is 15.9. The number of hydrogen-bond acceptors (Lipinski definition) is 6. The molecule has 0 aliphatic carbocycles. The normalized spacial score (nSPS) is 12.4. The zero-order chi connectivity index (χ0) is 32.2. The first-order valence-electron chi connectivity index (χ1n) is 16.5. The summed E-state index contributed by atoms with van der Waals surface area (Å²) in [5.74, 6) is 1.05. The van der Waals surface area contributed by atoms with Gasteiger partial charge in [-0.05, 0) is 36.3 Å². The van der Waals surface area contributed by atoms with Gasteiger partial charge in [0.1, 0.15) is 11.5 Å². The van der Waals surface area contributed by atoms with Gasteiger partial charge in [-0.3, -0.25) is 14.4 Å². The minimum absolute atomic E-state index is 0.0724. The van der Waals surface area contributed by atoms with Crippen molar-refractivity contribution in [3.63, 3.8) is 0 Å². The smallest absolute Gasteiger partial charge is 0.227 e. The first kappa shape index (κ1) is 34.0. The Hall–Kier alpha value is -3.85. The minimum atomic E-state index is -0.205. The third-order valence-electron chi connectivity index (χ3n) is 8.15. The fraction of sp³-hybridized carbons (Fsp3) is 0.528. The quantitative estimate of drug-likeness (QED) is 0.172. The molecular formula is C36H49N5O4. The highest BCUT2D eigenvalue weighted by Gasteiger charge is 2.29. The van der Waals surface area contributed by atoms with Crippen LogP contribution in [0.4, 0.5) is 5.69 Å². The lowest BCUT2D eigenvalue weighted by Gasteiger charge is -2.28. The van der Waals surface area contributed by atoms with E-state index in [1.54, 1.807) is 4.90 Å². The van der Waals surface area contributed by atoms with E-state index in [1.165, 1.54) is 6.42 Å². The first-order chi connectivity index (χ1) is 21.7. The number of para-hydroxylation sites is 1. The molecule has 2 aromatic carbocycles. The van der Waals surface area contributed by atoms with Crippen LogP contribution in [-0.2, 0) is 32.2 Å². The molecule has 9 nitrogen and oxygen atoms in total. The largest absolute Gasteiger partial charge is 0.379 e. The van der Waals surface area contributed by atoms with Crippen molar-refractivity contribution >= 4 is 23.3 Å². The SMILES string of the molecule is CC(C)CCCCn1nnc2c1-c1ccccc1CN(C(=O)CCC(=O)NCCOCCC(=O)CCC(C)C)c1ccccc1-2. The molecule has 0 saturated heterocycles. The number of carbonyl (C=O) groups is 3. The highest BCUT2D eigenvalue weighted by molar-refractivity contribution is 6.01. The van der Waals surface area contributed by atoms with Gasteiger partial charge in [-0.1, -0.05) is 88.2 Å². The fourth-order valence-electron chi connectivity index (χ4n) is 5.58. The maximum atomic E-state index is 13.7. The van der Waals surface area contributed by atoms with Gasteiger partial charge in [0.05, 0.1) is 31.1 Å². The van der Waals surface area contributed by atoms with Crippen LogP contribution in [0.3, 0.4) is 0 Å². The molecule has 1 aliphatic rings. The molecule has 1 N–H and O–H groups in total. The predicted molar refractivity (Wildman–Crippen MR) is 178 cm³/mol. The average Bonchev–Trinajstić information content (AvgIpc) is 3.43. The van der Waals surface area contributed by atoms with Crippen molar-refractivity contribution in [2.75, 3.05) is 24.7 Å². The van der Waals surface area contributed by atoms with Gasteiger partial charge in [0.25, 0.3) is 0 Å². The Morgan fingerprint density at radius 3 is 2.36 bits per heavy atom. The summed E-state index contributed by atoms with van der Waals surface area (Å²) in [6.45, 7) is 10.9. The molecule has 1 aromatic heterocycles. The van der Waals surface area contributed by atoms with E-state index in [9.17, 15) is 14.4 Å². The molecule has 2 amide bonds. The number of fused-ring (bicyclic) bond motifs is 5. The molecule has 2 heterocycles. The topological polar surface area (TPSA) is 106 Å². The number of nitrogens with zero attached hydrogens (tertiary/aromatic N) is 4. The number of aromatic nitrogens is 3. The number of unbranched alkanes of at least 4 members (excludes halogenated alkanes) is 1. The van der Waals surface area contributed by atoms with Crippen molar-refractivity contribution in [3.05, 3.63) is 54.1 Å². The van der Waals surface area contributed by atoms with E-state index in [4.69, 9.17) is 4.74 Å². The van der Waals surface area contributed by atoms with E-state index in [-0.39, 0.29) is 30.4 Å². The Morgan fingerprint density at radius 2 is 1.58 bits per heavy atom. The summed E-state index contributed by atoms with van der Waals surface area (Å²) in [6.07, 6.45) is 5.35. The molecule has 0 spiro atoms. The van der Waals surface area contributed by atoms with Crippen LogP contribution < -0.4 is 10.2 Å². The molecule has 0 unspecified atom stereocenters. The highest BCUT2D eigenvalue weighted by Crippen LogP contribution is 2.41. The van der Waals surface area contributed by atoms with Crippen molar-refractivity contribution in [1.82, 2.24) is 20.3 Å². The van der Waals surface area contributed by atoms with E-state index in [1.807, 2.05) is 47.1 Å². The Bertz CT molecular complexity index is 1430. The first-order valence-corrected chi connectivity index (χ1v) is 16.5. The Balaban J connectivity index is 1.38. The third-order valence-corrected chi connectivity index (χ3v) is 8.15. The van der Waals surface area contributed by atoms with Crippen LogP contribution in [0.2, 0.25) is 0 Å². The lowest BCUT2D eigenvalue weighted by molar-refractivity contribution is -0.125. The van der Waals surface area contributed by atoms with Gasteiger partial charge in [-0.15, -0.1) is 5.10 Å². The summed E-state index contributed by atoms with van der Waals surface area (Å²) >= 11 is 0. The lowest BCUT2D eigenvalue weighted by Crippen LogP contribution is -2.34. The van der Waals surface area contributed by atoms with Crippen LogP contribution in [-0.4, -0.2) is 52.3 Å². The van der Waals surface area contributed by atoms with E-state index in [0.717, 1.165) is 59.6 Å². The van der Waals surface area contributed by atoms with Gasteiger partial charge in [0.2, 0.25) is 11.8 Å². The number of amides is 2. The second-order valence-corrected chi connectivity index (χ2v) is 12.7. The van der Waals surface area contributed by atoms with Crippen molar-refractivity contribution in [2.45, 2.75) is 92.2 Å². The molecule has 0 fully saturated rings. The fourth-order valence-corrected chi connectivity index (χ4v) is 5.58. The van der Waals surface area contributed by atoms with Crippen molar-refractivity contribution < 1.29 is 19.1 Å². The molecule has 1 aliphatic heterocycles. The number of Topliss-reactive ketones (excluding diaryl/α,β-unsaturated/α-hetero) is 1. The monoisotopic (exact) mass is 615 g/mol. The summed E-state index contributed by atoms with van der Waals surface area (Å²) < 4.78 is 7.54. The summed E-state index contributed by atoms with van der Waals surface area (Å²) in [4.78, 5) is 40.0. The molecule has 0 atom stereocenters. The van der Waals surface area contributed by atoms with Crippen LogP contribution in [0.5, 0.6) is 0 Å². The van der Waals surface area contributed by atoms with Crippen LogP contribution in [0, 0.1) is 11.8 Å². The number of nitrogens with one attached hydrogen (secondary N) is 1. The van der Waals surface area contributed by atoms with E-state index in [2.05, 4.69) is 49.4 Å². The van der Waals surface area contributed by atoms with Crippen LogP contribution in [0.1, 0.15) is 84.6 Å². The van der Waals surface area contributed by atoms with E-state index < -0.39 is 0 Å². The number of aryl methyl sites for hydroxylation is 1. The van der Waals surface area contributed by atoms with Crippen LogP contribution in [0.15, 0.2) is 48.5 Å². The molecule has 9 heteroatoms. The third kappa shape index (κ3) is 9.82. The molecule has 45 heavy (non-hydrogen) atoms. The summed E-state index contributed by atoms with van der Waals surface area (Å²) in [5.41, 5.74) is 5.40. The Kier molecular flexibility index (Phi) is 12.9. The summed E-state index contributed by atoms with van der Waals surface area (Å²) in [7, 11) is 0. The molecule has 0 saturated carbocycles. The van der Waals surface area contributed by atoms with Crippen molar-refractivity contribution in [2.24, 2.45) is 11.8 Å². The van der Waals surface area contributed by atoms with Gasteiger partial charge < -0.3 is 15.0 Å². The van der Waals surface area contributed by atoms with Gasteiger partial charge in [-0.2, -0.15) is 0 Å². The molecule has 0 radical (unpaired) electrons. The number of carbonyl (C=O) groups excluding carboxylic acids is 3. The number of rotatable bonds is 17. The van der Waals surface area contributed by atoms with Crippen molar-refractivity contribution in [3.8, 4) is 22.5 Å². The maximum absolute atomic E-state index is 13.7. The number of benzene rings is 2. The zero-order valence-corrected chi connectivity index (χ0v) is 27.4. The average molecular weight is 616 g/mol. The standard InChI is InChI=1S/C36H49N5O4/c1-26(2)11-9-10-22-41-36-30-13-6-5-12-28(30)25-40(32-15-8-7-14-31(32)35(36)38-39-41)34(44)19-18-33(43)37-21-24-45-23-20-29(42)17-16-27(3)4/h5-8,12-15,26-27H,9-11,16-25H2,1-4H3,(H,37,43). The summed E-state index contributed by atoms with van der Waals surface area (Å²) in [5, 5.41) is 12.0. The molecule has 3 aromatic rings. The van der Waals surface area contributed by atoms with Gasteiger partial charge in [0, 0.05) is 49.9 Å². The second-order valence-electron chi connectivity index (χ2n) is 12.7. The van der Waals surface area contributed by atoms with Crippen LogP contribution >= 0.6 is 0 Å². The number of hydrogen-bond donors (Lipinski definition) is 1. The molecule has 4 rings (SSSR count). The van der Waals surface area contributed by atoms with Crippen molar-refractivity contribution in [1.29, 1.82) is 0 Å². The van der Waals surface area contributed by atoms with Gasteiger partial charge in [-0.25, -0.2) is 4.68 Å². The molecule has 242 valence electrons. The number of anilines is 1. The Labute approximate surface area is 267 Å². The van der Waals surface area contributed by atoms with Gasteiger partial charge >= 0.3 is 0 Å². The zero-order valence-electron chi connectivity index (χ0n) is 27.4. The molecule has 0 bridgehead atoms. The Morgan fingerprint density at radius 1 is 0.844 bits per heavy atom. The van der Waals surface area contributed by atoms with E-state index >= 15 is 0 Å². The lowest BCUT2D eigenvalue weighted by atomic mass is 9.95. The number of ketones is 1. The highest BCUT2D eigenvalue weighted by atomic mass is 16.5. The predicted octanol–water partition coefficient (Wildman–Crippen LogP) is 6.59.